The van der Waals surface area contributed by atoms with Crippen LogP contribution < -0.4 is 0 Å². The van der Waals surface area contributed by atoms with Gasteiger partial charge in [-0.25, -0.2) is 0 Å². The van der Waals surface area contributed by atoms with Gasteiger partial charge in [-0.15, -0.1) is 0 Å². The first-order valence-corrected chi connectivity index (χ1v) is 8.47. The molecule has 0 radical (unpaired) electrons. The van der Waals surface area contributed by atoms with Gasteiger partial charge in [-0.2, -0.15) is 11.3 Å². The molecular weight excluding hydrogens is 334 g/mol. The monoisotopic (exact) mass is 349 g/mol. The zero-order valence-corrected chi connectivity index (χ0v) is 13.7. The number of carbonyl (C=O) groups is 1. The van der Waals surface area contributed by atoms with Crippen LogP contribution in [-0.4, -0.2) is 16.8 Å². The molecule has 1 aliphatic rings. The topological polar surface area (TPSA) is 20.3 Å². The minimum absolute atomic E-state index is 0.134. The van der Waals surface area contributed by atoms with Crippen molar-refractivity contribution in [2.24, 2.45) is 0 Å². The minimum atomic E-state index is 0.134. The quantitative estimate of drug-likeness (QED) is 0.788. The van der Waals surface area contributed by atoms with E-state index in [1.807, 2.05) is 30.0 Å². The van der Waals surface area contributed by atoms with Crippen LogP contribution in [0.5, 0.6) is 0 Å². The second-order valence-electron chi connectivity index (χ2n) is 5.28. The largest absolute Gasteiger partial charge is 0.331 e. The molecule has 104 valence electrons. The number of carbonyl (C=O) groups excluding carboxylic acids is 1. The SMILES string of the molecule is Cc1ccc(Br)c(C(=O)N(Cc2ccsc2)C2CC2)c1. The van der Waals surface area contributed by atoms with Crippen molar-refractivity contribution in [3.8, 4) is 0 Å². The number of thiophene rings is 1. The zero-order valence-electron chi connectivity index (χ0n) is 11.3. The smallest absolute Gasteiger partial charge is 0.255 e. The lowest BCUT2D eigenvalue weighted by atomic mass is 10.1. The molecule has 0 saturated heterocycles. The maximum absolute atomic E-state index is 12.8. The third-order valence-electron chi connectivity index (χ3n) is 3.53. The Labute approximate surface area is 131 Å². The summed E-state index contributed by atoms with van der Waals surface area (Å²) in [7, 11) is 0. The molecule has 3 rings (SSSR count). The first kappa shape index (κ1) is 13.8. The Balaban J connectivity index is 1.87. The van der Waals surface area contributed by atoms with E-state index >= 15 is 0 Å². The molecule has 0 atom stereocenters. The molecule has 1 aromatic carbocycles. The molecule has 20 heavy (non-hydrogen) atoms. The fourth-order valence-electron chi connectivity index (χ4n) is 2.29. The molecule has 0 aliphatic heterocycles. The lowest BCUT2D eigenvalue weighted by Crippen LogP contribution is -2.32. The normalized spacial score (nSPS) is 14.3. The van der Waals surface area contributed by atoms with Crippen molar-refractivity contribution in [1.82, 2.24) is 4.90 Å². The Hall–Kier alpha value is -1.13. The van der Waals surface area contributed by atoms with E-state index in [2.05, 4.69) is 32.8 Å². The number of hydrogen-bond donors (Lipinski definition) is 0. The second kappa shape index (κ2) is 5.70. The highest BCUT2D eigenvalue weighted by Gasteiger charge is 2.33. The highest BCUT2D eigenvalue weighted by atomic mass is 79.9. The molecule has 1 aromatic heterocycles. The summed E-state index contributed by atoms with van der Waals surface area (Å²) in [6.07, 6.45) is 2.25. The van der Waals surface area contributed by atoms with Crippen LogP contribution in [0.4, 0.5) is 0 Å². The number of hydrogen-bond acceptors (Lipinski definition) is 2. The van der Waals surface area contributed by atoms with Crippen LogP contribution in [-0.2, 0) is 6.54 Å². The van der Waals surface area contributed by atoms with E-state index in [0.29, 0.717) is 12.6 Å². The Bertz CT molecular complexity index is 619. The molecule has 0 bridgehead atoms. The number of amides is 1. The molecule has 1 heterocycles. The van der Waals surface area contributed by atoms with Crippen LogP contribution in [0.1, 0.15) is 34.3 Å². The molecule has 0 spiro atoms. The summed E-state index contributed by atoms with van der Waals surface area (Å²) in [5, 5.41) is 4.18. The zero-order chi connectivity index (χ0) is 14.1. The van der Waals surface area contributed by atoms with Crippen molar-refractivity contribution >= 4 is 33.2 Å². The predicted octanol–water partition coefficient (Wildman–Crippen LogP) is 4.62. The summed E-state index contributed by atoms with van der Waals surface area (Å²) in [6, 6.07) is 8.45. The average molecular weight is 350 g/mol. The van der Waals surface area contributed by atoms with Gasteiger partial charge in [-0.05, 0) is 70.2 Å². The number of benzene rings is 1. The van der Waals surface area contributed by atoms with Crippen molar-refractivity contribution < 1.29 is 4.79 Å². The van der Waals surface area contributed by atoms with Crippen molar-refractivity contribution in [3.63, 3.8) is 0 Å². The number of rotatable bonds is 4. The molecule has 2 aromatic rings. The molecule has 1 fully saturated rings. The summed E-state index contributed by atoms with van der Waals surface area (Å²) in [4.78, 5) is 14.8. The highest BCUT2D eigenvalue weighted by Crippen LogP contribution is 2.31. The van der Waals surface area contributed by atoms with Gasteiger partial charge in [0.15, 0.2) is 0 Å². The second-order valence-corrected chi connectivity index (χ2v) is 6.91. The minimum Gasteiger partial charge on any atom is -0.331 e. The van der Waals surface area contributed by atoms with E-state index in [0.717, 1.165) is 28.4 Å². The van der Waals surface area contributed by atoms with E-state index in [9.17, 15) is 4.79 Å². The molecule has 1 aliphatic carbocycles. The summed E-state index contributed by atoms with van der Waals surface area (Å²) < 4.78 is 0.879. The van der Waals surface area contributed by atoms with Crippen molar-refractivity contribution in [3.05, 3.63) is 56.2 Å². The van der Waals surface area contributed by atoms with Crippen LogP contribution in [0.25, 0.3) is 0 Å². The van der Waals surface area contributed by atoms with Crippen LogP contribution >= 0.6 is 27.3 Å². The number of aryl methyl sites for hydroxylation is 1. The van der Waals surface area contributed by atoms with Gasteiger partial charge in [0.25, 0.3) is 5.91 Å². The maximum Gasteiger partial charge on any atom is 0.255 e. The van der Waals surface area contributed by atoms with E-state index in [1.165, 1.54) is 5.56 Å². The molecular formula is C16H16BrNOS. The maximum atomic E-state index is 12.8. The van der Waals surface area contributed by atoms with Gasteiger partial charge < -0.3 is 4.90 Å². The van der Waals surface area contributed by atoms with Crippen LogP contribution in [0.3, 0.4) is 0 Å². The first-order chi connectivity index (χ1) is 9.65. The number of nitrogens with zero attached hydrogens (tertiary/aromatic N) is 1. The predicted molar refractivity (Wildman–Crippen MR) is 86.1 cm³/mol. The van der Waals surface area contributed by atoms with Crippen molar-refractivity contribution in [2.45, 2.75) is 32.4 Å². The molecule has 0 unspecified atom stereocenters. The van der Waals surface area contributed by atoms with Crippen molar-refractivity contribution in [1.29, 1.82) is 0 Å². The van der Waals surface area contributed by atoms with Gasteiger partial charge in [0.1, 0.15) is 0 Å². The third-order valence-corrected chi connectivity index (χ3v) is 4.96. The van der Waals surface area contributed by atoms with E-state index in [1.54, 1.807) is 11.3 Å². The molecule has 1 amide bonds. The molecule has 0 N–H and O–H groups in total. The lowest BCUT2D eigenvalue weighted by molar-refractivity contribution is 0.0729. The van der Waals surface area contributed by atoms with Crippen LogP contribution in [0.2, 0.25) is 0 Å². The van der Waals surface area contributed by atoms with Gasteiger partial charge in [0, 0.05) is 17.1 Å². The Morgan fingerprint density at radius 3 is 2.85 bits per heavy atom. The molecule has 2 nitrogen and oxygen atoms in total. The molecule has 4 heteroatoms. The lowest BCUT2D eigenvalue weighted by Gasteiger charge is -2.23. The summed E-state index contributed by atoms with van der Waals surface area (Å²) in [5.74, 6) is 0.134. The Kier molecular flexibility index (Phi) is 3.94. The van der Waals surface area contributed by atoms with Gasteiger partial charge in [0.05, 0.1) is 5.56 Å². The van der Waals surface area contributed by atoms with Crippen molar-refractivity contribution in [2.75, 3.05) is 0 Å². The highest BCUT2D eigenvalue weighted by molar-refractivity contribution is 9.10. The van der Waals surface area contributed by atoms with E-state index in [4.69, 9.17) is 0 Å². The Morgan fingerprint density at radius 2 is 2.20 bits per heavy atom. The van der Waals surface area contributed by atoms with Gasteiger partial charge in [0.2, 0.25) is 0 Å². The van der Waals surface area contributed by atoms with Gasteiger partial charge >= 0.3 is 0 Å². The molecule has 1 saturated carbocycles. The van der Waals surface area contributed by atoms with Crippen LogP contribution in [0, 0.1) is 6.92 Å². The fraction of sp³-hybridized carbons (Fsp3) is 0.312. The van der Waals surface area contributed by atoms with E-state index in [-0.39, 0.29) is 5.91 Å². The van der Waals surface area contributed by atoms with E-state index < -0.39 is 0 Å². The van der Waals surface area contributed by atoms with Gasteiger partial charge in [-0.3, -0.25) is 4.79 Å². The number of halogens is 1. The summed E-state index contributed by atoms with van der Waals surface area (Å²) in [5.41, 5.74) is 3.11. The van der Waals surface area contributed by atoms with Gasteiger partial charge in [-0.1, -0.05) is 11.6 Å². The third kappa shape index (κ3) is 2.96. The standard InChI is InChI=1S/C16H16BrNOS/c1-11-2-5-15(17)14(8-11)16(19)18(13-3-4-13)9-12-6-7-20-10-12/h2,5-8,10,13H,3-4,9H2,1H3. The van der Waals surface area contributed by atoms with Crippen LogP contribution in [0.15, 0.2) is 39.5 Å². The summed E-state index contributed by atoms with van der Waals surface area (Å²) in [6.45, 7) is 2.73. The fourth-order valence-corrected chi connectivity index (χ4v) is 3.37. The average Bonchev–Trinajstić information content (AvgIpc) is 3.15. The summed E-state index contributed by atoms with van der Waals surface area (Å²) >= 11 is 5.18. The Morgan fingerprint density at radius 1 is 1.40 bits per heavy atom. The first-order valence-electron chi connectivity index (χ1n) is 6.73.